The number of rotatable bonds is 4. The van der Waals surface area contributed by atoms with E-state index in [-0.39, 0.29) is 0 Å². The molecule has 2 N–H and O–H groups in total. The molecule has 0 bridgehead atoms. The number of aryl methyl sites for hydroxylation is 1. The van der Waals surface area contributed by atoms with Crippen LogP contribution in [0.4, 0.5) is 10.9 Å². The molecule has 0 aromatic carbocycles. The monoisotopic (exact) mass is 319 g/mol. The highest BCUT2D eigenvalue weighted by Gasteiger charge is 2.18. The van der Waals surface area contributed by atoms with Gasteiger partial charge in [0.15, 0.2) is 0 Å². The molecule has 8 heteroatoms. The molecule has 1 saturated heterocycles. The Bertz CT molecular complexity index is 597. The highest BCUT2D eigenvalue weighted by molar-refractivity contribution is 7.09. The summed E-state index contributed by atoms with van der Waals surface area (Å²) in [5, 5.41) is 9.11. The van der Waals surface area contributed by atoms with Crippen molar-refractivity contribution in [3.8, 4) is 0 Å². The number of anilines is 2. The van der Waals surface area contributed by atoms with Crippen LogP contribution in [0.2, 0.25) is 0 Å². The Morgan fingerprint density at radius 2 is 2.09 bits per heavy atom. The fourth-order valence-corrected chi connectivity index (χ4v) is 3.32. The van der Waals surface area contributed by atoms with E-state index < -0.39 is 0 Å². The van der Waals surface area contributed by atoms with Gasteiger partial charge in [0, 0.05) is 50.7 Å². The van der Waals surface area contributed by atoms with Crippen molar-refractivity contribution in [2.75, 3.05) is 36.8 Å². The van der Waals surface area contributed by atoms with Gasteiger partial charge in [0.1, 0.15) is 11.6 Å². The van der Waals surface area contributed by atoms with Crippen LogP contribution < -0.4 is 10.6 Å². The Morgan fingerprint density at radius 3 is 2.82 bits per heavy atom. The van der Waals surface area contributed by atoms with Gasteiger partial charge in [0.2, 0.25) is 5.13 Å². The summed E-state index contributed by atoms with van der Waals surface area (Å²) in [6, 6.07) is 3.75. The second kappa shape index (κ2) is 6.97. The van der Waals surface area contributed by atoms with Crippen LogP contribution in [0.3, 0.4) is 0 Å². The molecule has 2 aromatic heterocycles. The summed E-state index contributed by atoms with van der Waals surface area (Å²) in [5.74, 6) is 1.41. The van der Waals surface area contributed by atoms with Crippen molar-refractivity contribution < 1.29 is 0 Å². The molecule has 0 unspecified atom stereocenters. The van der Waals surface area contributed by atoms with E-state index in [2.05, 4.69) is 36.3 Å². The molecule has 0 saturated carbocycles. The number of nitrogen functional groups attached to an aromatic ring is 1. The van der Waals surface area contributed by atoms with Crippen LogP contribution in [0.1, 0.15) is 24.9 Å². The summed E-state index contributed by atoms with van der Waals surface area (Å²) >= 11 is 1.51. The average molecular weight is 319 g/mol. The molecule has 0 aliphatic carbocycles. The van der Waals surface area contributed by atoms with E-state index in [1.807, 2.05) is 6.07 Å². The minimum Gasteiger partial charge on any atom is -0.382 e. The molecule has 2 aromatic rings. The number of hydrogen-bond donors (Lipinski definition) is 1. The Hall–Kier alpha value is -1.80. The van der Waals surface area contributed by atoms with Gasteiger partial charge < -0.3 is 10.6 Å². The predicted octanol–water partition coefficient (Wildman–Crippen LogP) is 1.18. The van der Waals surface area contributed by atoms with Crippen molar-refractivity contribution in [1.82, 2.24) is 24.5 Å². The third-order valence-corrected chi connectivity index (χ3v) is 4.57. The molecule has 0 spiro atoms. The van der Waals surface area contributed by atoms with Crippen molar-refractivity contribution in [2.45, 2.75) is 26.3 Å². The highest BCUT2D eigenvalue weighted by atomic mass is 32.1. The van der Waals surface area contributed by atoms with Gasteiger partial charge in [0.25, 0.3) is 0 Å². The molecule has 22 heavy (non-hydrogen) atoms. The van der Waals surface area contributed by atoms with Crippen molar-refractivity contribution in [3.05, 3.63) is 23.7 Å². The van der Waals surface area contributed by atoms with Crippen molar-refractivity contribution >= 4 is 22.5 Å². The summed E-state index contributed by atoms with van der Waals surface area (Å²) in [6.07, 6.45) is 2.01. The zero-order chi connectivity index (χ0) is 15.4. The van der Waals surface area contributed by atoms with Crippen LogP contribution in [0.25, 0.3) is 0 Å². The minimum absolute atomic E-state index is 0.466. The number of hydrogen-bond acceptors (Lipinski definition) is 8. The van der Waals surface area contributed by atoms with E-state index >= 15 is 0 Å². The topological polar surface area (TPSA) is 84.1 Å². The van der Waals surface area contributed by atoms with E-state index in [1.165, 1.54) is 11.5 Å². The van der Waals surface area contributed by atoms with Crippen molar-refractivity contribution in [1.29, 1.82) is 0 Å². The van der Waals surface area contributed by atoms with Crippen LogP contribution in [-0.2, 0) is 13.0 Å². The van der Waals surface area contributed by atoms with Gasteiger partial charge in [-0.2, -0.15) is 9.47 Å². The smallest absolute Gasteiger partial charge is 0.205 e. The van der Waals surface area contributed by atoms with E-state index in [4.69, 9.17) is 5.73 Å². The van der Waals surface area contributed by atoms with Gasteiger partial charge in [-0.1, -0.05) is 6.92 Å². The molecule has 1 aliphatic rings. The molecule has 1 aliphatic heterocycles. The SMILES string of the molecule is CCc1nsc(N2CCCN(Cc3ccc(N)nn3)CC2)n1. The summed E-state index contributed by atoms with van der Waals surface area (Å²) in [4.78, 5) is 9.33. The molecule has 0 atom stereocenters. The number of aromatic nitrogens is 4. The van der Waals surface area contributed by atoms with Crippen LogP contribution >= 0.6 is 11.5 Å². The zero-order valence-corrected chi connectivity index (χ0v) is 13.6. The first-order chi connectivity index (χ1) is 10.7. The molecule has 7 nitrogen and oxygen atoms in total. The highest BCUT2D eigenvalue weighted by Crippen LogP contribution is 2.19. The lowest BCUT2D eigenvalue weighted by Crippen LogP contribution is -2.30. The first kappa shape index (κ1) is 15.1. The summed E-state index contributed by atoms with van der Waals surface area (Å²) < 4.78 is 4.38. The molecule has 118 valence electrons. The first-order valence-corrected chi connectivity index (χ1v) is 8.40. The molecule has 1 fully saturated rings. The Balaban J connectivity index is 1.58. The Morgan fingerprint density at radius 1 is 1.18 bits per heavy atom. The lowest BCUT2D eigenvalue weighted by atomic mass is 10.3. The maximum atomic E-state index is 5.58. The van der Waals surface area contributed by atoms with Crippen molar-refractivity contribution in [3.63, 3.8) is 0 Å². The maximum absolute atomic E-state index is 5.58. The van der Waals surface area contributed by atoms with Gasteiger partial charge in [-0.3, -0.25) is 4.90 Å². The quantitative estimate of drug-likeness (QED) is 0.906. The van der Waals surface area contributed by atoms with Gasteiger partial charge in [-0.15, -0.1) is 5.10 Å². The van der Waals surface area contributed by atoms with E-state index in [0.717, 1.165) is 62.2 Å². The molecule has 0 amide bonds. The maximum Gasteiger partial charge on any atom is 0.205 e. The summed E-state index contributed by atoms with van der Waals surface area (Å²) in [5.41, 5.74) is 6.54. The number of nitrogens with two attached hydrogens (primary N) is 1. The van der Waals surface area contributed by atoms with Crippen LogP contribution in [0.5, 0.6) is 0 Å². The molecular weight excluding hydrogens is 298 g/mol. The summed E-state index contributed by atoms with van der Waals surface area (Å²) in [6.45, 7) is 6.96. The molecule has 3 rings (SSSR count). The summed E-state index contributed by atoms with van der Waals surface area (Å²) in [7, 11) is 0. The van der Waals surface area contributed by atoms with Crippen molar-refractivity contribution in [2.24, 2.45) is 0 Å². The second-order valence-electron chi connectivity index (χ2n) is 5.41. The lowest BCUT2D eigenvalue weighted by Gasteiger charge is -2.20. The van der Waals surface area contributed by atoms with Gasteiger partial charge in [0.05, 0.1) is 5.69 Å². The van der Waals surface area contributed by atoms with E-state index in [0.29, 0.717) is 5.82 Å². The van der Waals surface area contributed by atoms with E-state index in [1.54, 1.807) is 6.07 Å². The fraction of sp³-hybridized carbons (Fsp3) is 0.571. The average Bonchev–Trinajstić information content (AvgIpc) is 2.90. The van der Waals surface area contributed by atoms with Crippen LogP contribution in [0, 0.1) is 0 Å². The fourth-order valence-electron chi connectivity index (χ4n) is 2.52. The van der Waals surface area contributed by atoms with E-state index in [9.17, 15) is 0 Å². The largest absolute Gasteiger partial charge is 0.382 e. The second-order valence-corrected chi connectivity index (χ2v) is 6.14. The third-order valence-electron chi connectivity index (χ3n) is 3.76. The standard InChI is InChI=1S/C14H21N7S/c1-2-13-16-14(22-19-13)21-7-3-6-20(8-9-21)10-11-4-5-12(15)18-17-11/h4-5H,2-3,6-10H2,1H3,(H2,15,18). The molecular formula is C14H21N7S. The minimum atomic E-state index is 0.466. The van der Waals surface area contributed by atoms with Crippen LogP contribution in [-0.4, -0.2) is 50.6 Å². The zero-order valence-electron chi connectivity index (χ0n) is 12.8. The Kier molecular flexibility index (Phi) is 4.79. The molecule has 3 heterocycles. The lowest BCUT2D eigenvalue weighted by molar-refractivity contribution is 0.281. The third kappa shape index (κ3) is 3.69. The van der Waals surface area contributed by atoms with Gasteiger partial charge in [-0.05, 0) is 18.6 Å². The molecule has 0 radical (unpaired) electrons. The van der Waals surface area contributed by atoms with Gasteiger partial charge in [-0.25, -0.2) is 4.98 Å². The first-order valence-electron chi connectivity index (χ1n) is 7.62. The Labute approximate surface area is 134 Å². The normalized spacial score (nSPS) is 16.7. The number of nitrogens with zero attached hydrogens (tertiary/aromatic N) is 6. The van der Waals surface area contributed by atoms with Crippen LogP contribution in [0.15, 0.2) is 12.1 Å². The predicted molar refractivity (Wildman–Crippen MR) is 87.8 cm³/mol. The van der Waals surface area contributed by atoms with Gasteiger partial charge >= 0.3 is 0 Å².